The largest absolute Gasteiger partial charge is 0.307 e. The lowest BCUT2D eigenvalue weighted by Crippen LogP contribution is -2.40. The number of hydrogen-bond donors (Lipinski definition) is 1. The first kappa shape index (κ1) is 12.9. The maximum Gasteiger partial charge on any atom is 0.152 e. The number of hydrogen-bond acceptors (Lipinski definition) is 2. The maximum absolute atomic E-state index is 12.0. The van der Waals surface area contributed by atoms with Crippen LogP contribution in [0, 0.1) is 5.92 Å². The van der Waals surface area contributed by atoms with E-state index >= 15 is 0 Å². The third-order valence-electron chi connectivity index (χ3n) is 2.65. The third-order valence-corrected chi connectivity index (χ3v) is 2.65. The number of Topliss-reactive ketones (excluding diaryl/α,β-unsaturated/α-hetero) is 1. The second-order valence-corrected chi connectivity index (χ2v) is 4.36. The number of likely N-dealkylation sites (N-methyl/N-ethyl adjacent to an activating group) is 1. The predicted molar refractivity (Wildman–Crippen MR) is 67.5 cm³/mol. The van der Waals surface area contributed by atoms with Gasteiger partial charge in [0.1, 0.15) is 0 Å². The number of nitrogens with one attached hydrogen (secondary N) is 1. The van der Waals surface area contributed by atoms with Crippen molar-refractivity contribution in [1.82, 2.24) is 5.32 Å². The summed E-state index contributed by atoms with van der Waals surface area (Å²) in [5, 5.41) is 3.26. The Morgan fingerprint density at radius 1 is 1.25 bits per heavy atom. The molecule has 1 unspecified atom stereocenters. The lowest BCUT2D eigenvalue weighted by Gasteiger charge is -2.18. The summed E-state index contributed by atoms with van der Waals surface area (Å²) in [4.78, 5) is 12.0. The second-order valence-electron chi connectivity index (χ2n) is 4.36. The van der Waals surface area contributed by atoms with E-state index in [0.29, 0.717) is 5.78 Å². The van der Waals surface area contributed by atoms with Crippen LogP contribution in [-0.4, -0.2) is 18.4 Å². The highest BCUT2D eigenvalue weighted by atomic mass is 16.1. The van der Waals surface area contributed by atoms with E-state index in [2.05, 4.69) is 17.4 Å². The fourth-order valence-corrected chi connectivity index (χ4v) is 1.77. The Balaban J connectivity index is 2.68. The van der Waals surface area contributed by atoms with Gasteiger partial charge in [-0.1, -0.05) is 51.1 Å². The number of carbonyl (C=O) groups excluding carboxylic acids is 1. The first-order valence-corrected chi connectivity index (χ1v) is 5.96. The molecule has 0 fully saturated rings. The van der Waals surface area contributed by atoms with E-state index < -0.39 is 0 Å². The molecule has 16 heavy (non-hydrogen) atoms. The molecule has 1 atom stereocenters. The van der Waals surface area contributed by atoms with Crippen molar-refractivity contribution >= 4 is 5.78 Å². The van der Waals surface area contributed by atoms with E-state index in [-0.39, 0.29) is 12.0 Å². The molecule has 0 aromatic heterocycles. The van der Waals surface area contributed by atoms with Crippen LogP contribution < -0.4 is 5.32 Å². The normalized spacial score (nSPS) is 12.8. The van der Waals surface area contributed by atoms with Gasteiger partial charge in [0, 0.05) is 5.92 Å². The molecular formula is C14H21NO. The molecule has 0 aliphatic rings. The van der Waals surface area contributed by atoms with Crippen molar-refractivity contribution in [3.05, 3.63) is 35.9 Å². The summed E-state index contributed by atoms with van der Waals surface area (Å²) in [5.74, 6) is 0.387. The number of ketones is 1. The summed E-state index contributed by atoms with van der Waals surface area (Å²) in [7, 11) is 0. The summed E-state index contributed by atoms with van der Waals surface area (Å²) < 4.78 is 0. The molecule has 0 radical (unpaired) electrons. The lowest BCUT2D eigenvalue weighted by atomic mass is 9.96. The topological polar surface area (TPSA) is 29.1 Å². The van der Waals surface area contributed by atoms with Crippen LogP contribution in [0.5, 0.6) is 0 Å². The van der Waals surface area contributed by atoms with Gasteiger partial charge in [-0.15, -0.1) is 0 Å². The van der Waals surface area contributed by atoms with E-state index in [1.165, 1.54) is 5.56 Å². The van der Waals surface area contributed by atoms with Gasteiger partial charge >= 0.3 is 0 Å². The van der Waals surface area contributed by atoms with Gasteiger partial charge in [0.25, 0.3) is 0 Å². The van der Waals surface area contributed by atoms with Gasteiger partial charge in [0.15, 0.2) is 5.78 Å². The molecular weight excluding hydrogens is 198 g/mol. The molecule has 0 saturated heterocycles. The third kappa shape index (κ3) is 3.78. The maximum atomic E-state index is 12.0. The Labute approximate surface area is 98.1 Å². The molecule has 88 valence electrons. The molecule has 0 spiro atoms. The summed E-state index contributed by atoms with van der Waals surface area (Å²) >= 11 is 0. The van der Waals surface area contributed by atoms with Crippen LogP contribution >= 0.6 is 0 Å². The van der Waals surface area contributed by atoms with Crippen LogP contribution in [0.25, 0.3) is 0 Å². The van der Waals surface area contributed by atoms with Crippen LogP contribution in [0.15, 0.2) is 30.3 Å². The molecule has 0 aliphatic carbocycles. The van der Waals surface area contributed by atoms with Crippen LogP contribution in [0.4, 0.5) is 0 Å². The fraction of sp³-hybridized carbons (Fsp3) is 0.500. The highest BCUT2D eigenvalue weighted by Crippen LogP contribution is 2.08. The zero-order chi connectivity index (χ0) is 12.0. The van der Waals surface area contributed by atoms with Crippen molar-refractivity contribution in [2.24, 2.45) is 5.92 Å². The standard InChI is InChI=1S/C14H21NO/c1-4-15-13(14(16)11(2)3)10-12-8-6-5-7-9-12/h5-9,11,13,15H,4,10H2,1-3H3. The van der Waals surface area contributed by atoms with E-state index in [0.717, 1.165) is 13.0 Å². The highest BCUT2D eigenvalue weighted by Gasteiger charge is 2.20. The Morgan fingerprint density at radius 3 is 2.38 bits per heavy atom. The highest BCUT2D eigenvalue weighted by molar-refractivity contribution is 5.86. The van der Waals surface area contributed by atoms with Crippen molar-refractivity contribution in [2.75, 3.05) is 6.54 Å². The SMILES string of the molecule is CCNC(Cc1ccccc1)C(=O)C(C)C. The average molecular weight is 219 g/mol. The van der Waals surface area contributed by atoms with Gasteiger partial charge < -0.3 is 5.32 Å². The predicted octanol–water partition coefficient (Wildman–Crippen LogP) is 2.43. The van der Waals surface area contributed by atoms with Crippen LogP contribution in [-0.2, 0) is 11.2 Å². The van der Waals surface area contributed by atoms with Gasteiger partial charge in [-0.25, -0.2) is 0 Å². The minimum absolute atomic E-state index is 0.0487. The van der Waals surface area contributed by atoms with Gasteiger partial charge in [0.05, 0.1) is 6.04 Å². The van der Waals surface area contributed by atoms with Crippen molar-refractivity contribution < 1.29 is 4.79 Å². The Kier molecular flexibility index (Phi) is 5.20. The Morgan fingerprint density at radius 2 is 1.88 bits per heavy atom. The Bertz CT molecular complexity index is 319. The Hall–Kier alpha value is -1.15. The molecule has 0 heterocycles. The van der Waals surface area contributed by atoms with Crippen LogP contribution in [0.3, 0.4) is 0 Å². The van der Waals surface area contributed by atoms with Gasteiger partial charge in [-0.05, 0) is 18.5 Å². The molecule has 0 bridgehead atoms. The van der Waals surface area contributed by atoms with Gasteiger partial charge in [-0.3, -0.25) is 4.79 Å². The van der Waals surface area contributed by atoms with Crippen molar-refractivity contribution in [3.63, 3.8) is 0 Å². The average Bonchev–Trinajstić information content (AvgIpc) is 2.29. The second kappa shape index (κ2) is 6.44. The molecule has 2 heteroatoms. The zero-order valence-corrected chi connectivity index (χ0v) is 10.4. The lowest BCUT2D eigenvalue weighted by molar-refractivity contribution is -0.123. The monoisotopic (exact) mass is 219 g/mol. The first-order chi connectivity index (χ1) is 7.65. The summed E-state index contributed by atoms with van der Waals surface area (Å²) in [6.07, 6.45) is 0.783. The van der Waals surface area contributed by atoms with E-state index in [1.807, 2.05) is 39.0 Å². The minimum Gasteiger partial charge on any atom is -0.307 e. The van der Waals surface area contributed by atoms with Gasteiger partial charge in [0.2, 0.25) is 0 Å². The molecule has 1 aromatic rings. The molecule has 0 aliphatic heterocycles. The van der Waals surface area contributed by atoms with Crippen molar-refractivity contribution in [3.8, 4) is 0 Å². The zero-order valence-electron chi connectivity index (χ0n) is 10.4. The fourth-order valence-electron chi connectivity index (χ4n) is 1.77. The van der Waals surface area contributed by atoms with E-state index in [1.54, 1.807) is 0 Å². The quantitative estimate of drug-likeness (QED) is 0.796. The smallest absolute Gasteiger partial charge is 0.152 e. The summed E-state index contributed by atoms with van der Waals surface area (Å²) in [5.41, 5.74) is 1.21. The molecule has 2 nitrogen and oxygen atoms in total. The molecule has 0 saturated carbocycles. The molecule has 1 aromatic carbocycles. The summed E-state index contributed by atoms with van der Waals surface area (Å²) in [6, 6.07) is 10.1. The summed E-state index contributed by atoms with van der Waals surface area (Å²) in [6.45, 7) is 6.77. The van der Waals surface area contributed by atoms with Crippen LogP contribution in [0.2, 0.25) is 0 Å². The van der Waals surface area contributed by atoms with Crippen molar-refractivity contribution in [1.29, 1.82) is 0 Å². The number of carbonyl (C=O) groups is 1. The van der Waals surface area contributed by atoms with E-state index in [4.69, 9.17) is 0 Å². The number of benzene rings is 1. The first-order valence-electron chi connectivity index (χ1n) is 5.96. The molecule has 1 rings (SSSR count). The van der Waals surface area contributed by atoms with E-state index in [9.17, 15) is 4.79 Å². The number of rotatable bonds is 6. The molecule has 1 N–H and O–H groups in total. The van der Waals surface area contributed by atoms with Gasteiger partial charge in [-0.2, -0.15) is 0 Å². The minimum atomic E-state index is -0.0487. The van der Waals surface area contributed by atoms with Crippen LogP contribution in [0.1, 0.15) is 26.3 Å². The van der Waals surface area contributed by atoms with Crippen molar-refractivity contribution in [2.45, 2.75) is 33.2 Å². The molecule has 0 amide bonds.